The van der Waals surface area contributed by atoms with Gasteiger partial charge in [0.1, 0.15) is 0 Å². The first-order chi connectivity index (χ1) is 9.11. The molecule has 0 bridgehead atoms. The summed E-state index contributed by atoms with van der Waals surface area (Å²) in [5.41, 5.74) is 0.809. The van der Waals surface area contributed by atoms with E-state index in [1.54, 1.807) is 18.2 Å². The second-order valence-electron chi connectivity index (χ2n) is 4.76. The Balaban J connectivity index is 2.33. The largest absolute Gasteiger partial charge is 0.469 e. The Labute approximate surface area is 123 Å². The number of carbonyl (C=O) groups excluding carboxylic acids is 1. The van der Waals surface area contributed by atoms with Crippen LogP contribution in [0.4, 0.5) is 0 Å². The van der Waals surface area contributed by atoms with E-state index in [0.717, 1.165) is 31.4 Å². The fraction of sp³-hybridized carbons (Fsp3) is 0.500. The second-order valence-corrected chi connectivity index (χ2v) is 5.63. The van der Waals surface area contributed by atoms with Gasteiger partial charge in [0, 0.05) is 16.1 Å². The highest BCUT2D eigenvalue weighted by molar-refractivity contribution is 6.34. The molecule has 2 unspecified atom stereocenters. The normalized spacial score (nSPS) is 20.9. The highest BCUT2D eigenvalue weighted by Gasteiger charge is 2.32. The van der Waals surface area contributed by atoms with E-state index in [1.807, 2.05) is 0 Å². The van der Waals surface area contributed by atoms with Crippen molar-refractivity contribution in [2.24, 2.45) is 0 Å². The van der Waals surface area contributed by atoms with E-state index < -0.39 is 0 Å². The number of halogens is 2. The summed E-state index contributed by atoms with van der Waals surface area (Å²) in [6, 6.07) is 5.31. The van der Waals surface area contributed by atoms with Gasteiger partial charge in [-0.15, -0.1) is 0 Å². The molecule has 0 spiro atoms. The van der Waals surface area contributed by atoms with Gasteiger partial charge < -0.3 is 10.1 Å². The molecule has 1 fully saturated rings. The number of ether oxygens (including phenoxy) is 1. The second kappa shape index (κ2) is 6.60. The lowest BCUT2D eigenvalue weighted by atomic mass is 9.86. The number of benzene rings is 1. The van der Waals surface area contributed by atoms with Crippen molar-refractivity contribution >= 4 is 29.2 Å². The number of piperidine rings is 1. The van der Waals surface area contributed by atoms with Gasteiger partial charge in [0.05, 0.1) is 13.0 Å². The third-order valence-electron chi connectivity index (χ3n) is 3.45. The number of methoxy groups -OCH3 is 1. The Morgan fingerprint density at radius 1 is 1.32 bits per heavy atom. The van der Waals surface area contributed by atoms with Gasteiger partial charge in [-0.3, -0.25) is 4.79 Å². The quantitative estimate of drug-likeness (QED) is 0.870. The molecule has 1 N–H and O–H groups in total. The Morgan fingerprint density at radius 3 is 2.53 bits per heavy atom. The van der Waals surface area contributed by atoms with Crippen molar-refractivity contribution < 1.29 is 9.53 Å². The topological polar surface area (TPSA) is 38.3 Å². The van der Waals surface area contributed by atoms with Gasteiger partial charge in [0.2, 0.25) is 0 Å². The number of rotatable bonds is 3. The SMILES string of the molecule is COC(=O)C(c1cc(Cl)cc(Cl)c1)C1CCCCN1. The Bertz CT molecular complexity index is 439. The van der Waals surface area contributed by atoms with Gasteiger partial charge in [-0.2, -0.15) is 0 Å². The standard InChI is InChI=1S/C14H17Cl2NO2/c1-19-14(18)13(12-4-2-3-5-17-12)9-6-10(15)8-11(16)7-9/h6-8,12-13,17H,2-5H2,1H3. The van der Waals surface area contributed by atoms with Crippen LogP contribution >= 0.6 is 23.2 Å². The predicted molar refractivity (Wildman–Crippen MR) is 76.9 cm³/mol. The van der Waals surface area contributed by atoms with E-state index in [1.165, 1.54) is 7.11 Å². The molecule has 104 valence electrons. The molecular weight excluding hydrogens is 285 g/mol. The average Bonchev–Trinajstić information content (AvgIpc) is 2.39. The summed E-state index contributed by atoms with van der Waals surface area (Å²) in [7, 11) is 1.41. The van der Waals surface area contributed by atoms with Crippen LogP contribution in [0.5, 0.6) is 0 Å². The summed E-state index contributed by atoms with van der Waals surface area (Å²) in [6.07, 6.45) is 3.20. The Morgan fingerprint density at radius 2 is 2.00 bits per heavy atom. The molecule has 19 heavy (non-hydrogen) atoms. The first-order valence-corrected chi connectivity index (χ1v) is 7.14. The molecule has 1 aliphatic rings. The first-order valence-electron chi connectivity index (χ1n) is 6.39. The minimum absolute atomic E-state index is 0.0794. The van der Waals surface area contributed by atoms with Crippen LogP contribution in [-0.4, -0.2) is 25.7 Å². The Hall–Kier alpha value is -0.770. The van der Waals surface area contributed by atoms with Gasteiger partial charge >= 0.3 is 5.97 Å². The highest BCUT2D eigenvalue weighted by atomic mass is 35.5. The van der Waals surface area contributed by atoms with Crippen molar-refractivity contribution in [3.05, 3.63) is 33.8 Å². The molecular formula is C14H17Cl2NO2. The van der Waals surface area contributed by atoms with Crippen LogP contribution in [0.3, 0.4) is 0 Å². The Kier molecular flexibility index (Phi) is 5.08. The van der Waals surface area contributed by atoms with E-state index in [2.05, 4.69) is 5.32 Å². The van der Waals surface area contributed by atoms with Crippen molar-refractivity contribution in [1.82, 2.24) is 5.32 Å². The molecule has 0 radical (unpaired) electrons. The fourth-order valence-corrected chi connectivity index (χ4v) is 3.12. The summed E-state index contributed by atoms with van der Waals surface area (Å²) < 4.78 is 4.93. The third-order valence-corrected chi connectivity index (χ3v) is 3.89. The molecule has 1 aromatic rings. The van der Waals surface area contributed by atoms with Crippen LogP contribution < -0.4 is 5.32 Å². The van der Waals surface area contributed by atoms with E-state index in [-0.39, 0.29) is 17.9 Å². The van der Waals surface area contributed by atoms with Crippen LogP contribution in [-0.2, 0) is 9.53 Å². The van der Waals surface area contributed by atoms with Crippen LogP contribution in [0.1, 0.15) is 30.7 Å². The summed E-state index contributed by atoms with van der Waals surface area (Å²) in [5, 5.41) is 4.45. The number of nitrogens with one attached hydrogen (secondary N) is 1. The van der Waals surface area contributed by atoms with E-state index in [0.29, 0.717) is 10.0 Å². The van der Waals surface area contributed by atoms with E-state index in [4.69, 9.17) is 27.9 Å². The van der Waals surface area contributed by atoms with E-state index in [9.17, 15) is 4.79 Å². The van der Waals surface area contributed by atoms with Crippen molar-refractivity contribution in [2.75, 3.05) is 13.7 Å². The van der Waals surface area contributed by atoms with Gasteiger partial charge in [-0.25, -0.2) is 0 Å². The number of esters is 1. The molecule has 0 amide bonds. The maximum Gasteiger partial charge on any atom is 0.314 e. The molecule has 2 atom stereocenters. The third kappa shape index (κ3) is 3.62. The fourth-order valence-electron chi connectivity index (χ4n) is 2.58. The maximum atomic E-state index is 12.1. The van der Waals surface area contributed by atoms with Gasteiger partial charge in [0.25, 0.3) is 0 Å². The van der Waals surface area contributed by atoms with Crippen molar-refractivity contribution in [2.45, 2.75) is 31.2 Å². The van der Waals surface area contributed by atoms with Gasteiger partial charge in [-0.05, 0) is 43.1 Å². The molecule has 5 heteroatoms. The maximum absolute atomic E-state index is 12.1. The van der Waals surface area contributed by atoms with Crippen LogP contribution in [0.25, 0.3) is 0 Å². The van der Waals surface area contributed by atoms with Crippen molar-refractivity contribution in [1.29, 1.82) is 0 Å². The lowest BCUT2D eigenvalue weighted by Crippen LogP contribution is -2.42. The van der Waals surface area contributed by atoms with Gasteiger partial charge in [0.15, 0.2) is 0 Å². The molecule has 1 saturated heterocycles. The molecule has 1 aromatic carbocycles. The predicted octanol–water partition coefficient (Wildman–Crippen LogP) is 3.39. The number of hydrogen-bond donors (Lipinski definition) is 1. The molecule has 0 aromatic heterocycles. The lowest BCUT2D eigenvalue weighted by molar-refractivity contribution is -0.143. The minimum Gasteiger partial charge on any atom is -0.469 e. The molecule has 2 rings (SSSR count). The first kappa shape index (κ1) is 14.6. The lowest BCUT2D eigenvalue weighted by Gasteiger charge is -2.30. The molecule has 3 nitrogen and oxygen atoms in total. The average molecular weight is 302 g/mol. The van der Waals surface area contributed by atoms with E-state index >= 15 is 0 Å². The zero-order chi connectivity index (χ0) is 13.8. The van der Waals surface area contributed by atoms with Gasteiger partial charge in [-0.1, -0.05) is 29.6 Å². The molecule has 1 aliphatic heterocycles. The van der Waals surface area contributed by atoms with Crippen LogP contribution in [0.15, 0.2) is 18.2 Å². The smallest absolute Gasteiger partial charge is 0.314 e. The number of carbonyl (C=O) groups is 1. The summed E-state index contributed by atoms with van der Waals surface area (Å²) >= 11 is 12.0. The molecule has 0 saturated carbocycles. The minimum atomic E-state index is -0.360. The molecule has 0 aliphatic carbocycles. The zero-order valence-electron chi connectivity index (χ0n) is 10.8. The van der Waals surface area contributed by atoms with Crippen molar-refractivity contribution in [3.63, 3.8) is 0 Å². The number of hydrogen-bond acceptors (Lipinski definition) is 3. The zero-order valence-corrected chi connectivity index (χ0v) is 12.3. The summed E-state index contributed by atoms with van der Waals surface area (Å²) in [6.45, 7) is 0.923. The summed E-state index contributed by atoms with van der Waals surface area (Å²) in [4.78, 5) is 12.1. The monoisotopic (exact) mass is 301 g/mol. The van der Waals surface area contributed by atoms with Crippen LogP contribution in [0.2, 0.25) is 10.0 Å². The van der Waals surface area contributed by atoms with Crippen LogP contribution in [0, 0.1) is 0 Å². The molecule has 1 heterocycles. The van der Waals surface area contributed by atoms with Crippen molar-refractivity contribution in [3.8, 4) is 0 Å². The summed E-state index contributed by atoms with van der Waals surface area (Å²) in [5.74, 6) is -0.612. The highest BCUT2D eigenvalue weighted by Crippen LogP contribution is 2.30.